The number of piperidine rings is 1. The van der Waals surface area contributed by atoms with E-state index in [2.05, 4.69) is 28.2 Å². The molecule has 3 rings (SSSR count). The molecule has 0 spiro atoms. The number of aromatic nitrogens is 1. The first-order valence-corrected chi connectivity index (χ1v) is 9.65. The summed E-state index contributed by atoms with van der Waals surface area (Å²) in [5, 5.41) is 3.11. The minimum absolute atomic E-state index is 0.107. The summed E-state index contributed by atoms with van der Waals surface area (Å²) in [6, 6.07) is 8.04. The number of rotatable bonds is 8. The molecule has 1 saturated heterocycles. The first-order valence-electron chi connectivity index (χ1n) is 9.65. The fourth-order valence-corrected chi connectivity index (χ4v) is 3.53. The first-order chi connectivity index (χ1) is 12.7. The van der Waals surface area contributed by atoms with Crippen molar-refractivity contribution in [2.45, 2.75) is 45.1 Å². The zero-order valence-electron chi connectivity index (χ0n) is 15.6. The van der Waals surface area contributed by atoms with E-state index >= 15 is 0 Å². The third kappa shape index (κ3) is 5.43. The quantitative estimate of drug-likeness (QED) is 0.786. The van der Waals surface area contributed by atoms with E-state index in [1.54, 1.807) is 12.5 Å². The Labute approximate surface area is 155 Å². The van der Waals surface area contributed by atoms with E-state index in [4.69, 9.17) is 4.42 Å². The van der Waals surface area contributed by atoms with Gasteiger partial charge in [0.05, 0.1) is 12.3 Å². The largest absolute Gasteiger partial charge is 0.468 e. The van der Waals surface area contributed by atoms with Gasteiger partial charge in [-0.15, -0.1) is 0 Å². The molecule has 2 aromatic rings. The molecule has 1 unspecified atom stereocenters. The second-order valence-electron chi connectivity index (χ2n) is 7.27. The Kier molecular flexibility index (Phi) is 6.83. The zero-order chi connectivity index (χ0) is 18.2. The second kappa shape index (κ2) is 9.53. The van der Waals surface area contributed by atoms with Crippen LogP contribution in [0.1, 0.15) is 50.0 Å². The predicted molar refractivity (Wildman–Crippen MR) is 102 cm³/mol. The highest BCUT2D eigenvalue weighted by molar-refractivity contribution is 5.75. The van der Waals surface area contributed by atoms with Gasteiger partial charge in [-0.2, -0.15) is 0 Å². The Morgan fingerprint density at radius 3 is 2.88 bits per heavy atom. The maximum atomic E-state index is 12.3. The number of carbonyl (C=O) groups is 1. The normalized spacial score (nSPS) is 17.1. The molecular formula is C21H29N3O2. The van der Waals surface area contributed by atoms with Crippen molar-refractivity contribution in [1.82, 2.24) is 15.2 Å². The van der Waals surface area contributed by atoms with Crippen LogP contribution in [0.5, 0.6) is 0 Å². The summed E-state index contributed by atoms with van der Waals surface area (Å²) in [4.78, 5) is 18.8. The van der Waals surface area contributed by atoms with Crippen LogP contribution in [0.3, 0.4) is 0 Å². The molecule has 26 heavy (non-hydrogen) atoms. The molecule has 1 atom stereocenters. The van der Waals surface area contributed by atoms with Crippen LogP contribution in [-0.4, -0.2) is 35.4 Å². The summed E-state index contributed by atoms with van der Waals surface area (Å²) in [5.74, 6) is 1.83. The predicted octanol–water partition coefficient (Wildman–Crippen LogP) is 3.59. The van der Waals surface area contributed by atoms with Gasteiger partial charge in [-0.25, -0.2) is 0 Å². The molecule has 1 fully saturated rings. The lowest BCUT2D eigenvalue weighted by Crippen LogP contribution is -2.41. The van der Waals surface area contributed by atoms with Crippen molar-refractivity contribution in [3.05, 3.63) is 54.2 Å². The molecule has 0 bridgehead atoms. The van der Waals surface area contributed by atoms with Crippen LogP contribution in [-0.2, 0) is 11.2 Å². The smallest absolute Gasteiger partial charge is 0.220 e. The van der Waals surface area contributed by atoms with Crippen molar-refractivity contribution in [1.29, 1.82) is 0 Å². The Bertz CT molecular complexity index is 649. The summed E-state index contributed by atoms with van der Waals surface area (Å²) in [5.41, 5.74) is 1.18. The number of hydrogen-bond donors (Lipinski definition) is 1. The van der Waals surface area contributed by atoms with Gasteiger partial charge in [-0.3, -0.25) is 14.7 Å². The average molecular weight is 355 g/mol. The van der Waals surface area contributed by atoms with Gasteiger partial charge < -0.3 is 9.73 Å². The SMILES string of the molecule is CC1CCN(C(CNC(=O)CCCc2cccnc2)c2ccco2)CC1. The van der Waals surface area contributed by atoms with Gasteiger partial charge in [0.1, 0.15) is 5.76 Å². The van der Waals surface area contributed by atoms with Crippen molar-refractivity contribution < 1.29 is 9.21 Å². The van der Waals surface area contributed by atoms with E-state index in [0.29, 0.717) is 13.0 Å². The van der Waals surface area contributed by atoms with Crippen LogP contribution in [0.15, 0.2) is 47.3 Å². The van der Waals surface area contributed by atoms with Gasteiger partial charge in [0.2, 0.25) is 5.91 Å². The van der Waals surface area contributed by atoms with Crippen molar-refractivity contribution in [2.75, 3.05) is 19.6 Å². The highest BCUT2D eigenvalue weighted by atomic mass is 16.3. The van der Waals surface area contributed by atoms with Crippen LogP contribution in [0.2, 0.25) is 0 Å². The molecular weight excluding hydrogens is 326 g/mol. The molecule has 1 amide bonds. The molecule has 1 aliphatic heterocycles. The number of nitrogens with zero attached hydrogens (tertiary/aromatic N) is 2. The number of carbonyl (C=O) groups excluding carboxylic acids is 1. The fourth-order valence-electron chi connectivity index (χ4n) is 3.53. The van der Waals surface area contributed by atoms with Crippen molar-refractivity contribution in [2.24, 2.45) is 5.92 Å². The number of pyridine rings is 1. The average Bonchev–Trinajstić information content (AvgIpc) is 3.19. The summed E-state index contributed by atoms with van der Waals surface area (Å²) >= 11 is 0. The Balaban J connectivity index is 1.47. The third-order valence-electron chi connectivity index (χ3n) is 5.22. The topological polar surface area (TPSA) is 58.4 Å². The van der Waals surface area contributed by atoms with Gasteiger partial charge in [-0.1, -0.05) is 13.0 Å². The third-order valence-corrected chi connectivity index (χ3v) is 5.22. The number of likely N-dealkylation sites (tertiary alicyclic amines) is 1. The van der Waals surface area contributed by atoms with E-state index in [0.717, 1.165) is 37.6 Å². The van der Waals surface area contributed by atoms with E-state index < -0.39 is 0 Å². The lowest BCUT2D eigenvalue weighted by Gasteiger charge is -2.35. The molecule has 5 nitrogen and oxygen atoms in total. The van der Waals surface area contributed by atoms with Crippen molar-refractivity contribution >= 4 is 5.91 Å². The van der Waals surface area contributed by atoms with Gasteiger partial charge in [0.15, 0.2) is 0 Å². The summed E-state index contributed by atoms with van der Waals surface area (Å²) in [6.07, 6.45) is 10.0. The van der Waals surface area contributed by atoms with Crippen LogP contribution in [0.25, 0.3) is 0 Å². The Hall–Kier alpha value is -2.14. The highest BCUT2D eigenvalue weighted by Crippen LogP contribution is 2.26. The number of hydrogen-bond acceptors (Lipinski definition) is 4. The second-order valence-corrected chi connectivity index (χ2v) is 7.27. The highest BCUT2D eigenvalue weighted by Gasteiger charge is 2.26. The van der Waals surface area contributed by atoms with Crippen LogP contribution >= 0.6 is 0 Å². The van der Waals surface area contributed by atoms with Gasteiger partial charge in [0.25, 0.3) is 0 Å². The molecule has 140 valence electrons. The zero-order valence-corrected chi connectivity index (χ0v) is 15.6. The molecule has 2 aromatic heterocycles. The van der Waals surface area contributed by atoms with E-state index in [1.165, 1.54) is 18.4 Å². The maximum Gasteiger partial charge on any atom is 0.220 e. The molecule has 3 heterocycles. The Morgan fingerprint density at radius 2 is 2.19 bits per heavy atom. The van der Waals surface area contributed by atoms with Crippen molar-refractivity contribution in [3.63, 3.8) is 0 Å². The van der Waals surface area contributed by atoms with Crippen LogP contribution in [0, 0.1) is 5.92 Å². The number of amides is 1. The van der Waals surface area contributed by atoms with Crippen LogP contribution in [0.4, 0.5) is 0 Å². The standard InChI is InChI=1S/C21H29N3O2/c1-17-9-12-24(13-10-17)19(20-7-4-14-26-20)16-23-21(25)8-2-5-18-6-3-11-22-15-18/h3-4,6-7,11,14-15,17,19H,2,5,8-10,12-13,16H2,1H3,(H,23,25). The minimum Gasteiger partial charge on any atom is -0.468 e. The molecule has 1 aliphatic rings. The monoisotopic (exact) mass is 355 g/mol. The first kappa shape index (κ1) is 18.6. The molecule has 5 heteroatoms. The molecule has 0 aliphatic carbocycles. The summed E-state index contributed by atoms with van der Waals surface area (Å²) in [7, 11) is 0. The Morgan fingerprint density at radius 1 is 1.35 bits per heavy atom. The maximum absolute atomic E-state index is 12.3. The molecule has 0 aromatic carbocycles. The van der Waals surface area contributed by atoms with Gasteiger partial charge in [-0.05, 0) is 68.5 Å². The lowest BCUT2D eigenvalue weighted by atomic mass is 9.97. The van der Waals surface area contributed by atoms with E-state index in [1.807, 2.05) is 24.4 Å². The summed E-state index contributed by atoms with van der Waals surface area (Å²) in [6.45, 7) is 5.03. The number of furan rings is 1. The number of nitrogens with one attached hydrogen (secondary N) is 1. The summed E-state index contributed by atoms with van der Waals surface area (Å²) < 4.78 is 5.65. The van der Waals surface area contributed by atoms with Gasteiger partial charge >= 0.3 is 0 Å². The fraction of sp³-hybridized carbons (Fsp3) is 0.524. The minimum atomic E-state index is 0.107. The lowest BCUT2D eigenvalue weighted by molar-refractivity contribution is -0.121. The number of aryl methyl sites for hydroxylation is 1. The van der Waals surface area contributed by atoms with Gasteiger partial charge in [0, 0.05) is 25.4 Å². The van der Waals surface area contributed by atoms with Crippen molar-refractivity contribution in [3.8, 4) is 0 Å². The van der Waals surface area contributed by atoms with E-state index in [9.17, 15) is 4.79 Å². The molecule has 0 radical (unpaired) electrons. The molecule has 0 saturated carbocycles. The van der Waals surface area contributed by atoms with E-state index in [-0.39, 0.29) is 11.9 Å². The van der Waals surface area contributed by atoms with Crippen LogP contribution < -0.4 is 5.32 Å². The molecule has 1 N–H and O–H groups in total.